The molecule has 0 radical (unpaired) electrons. The van der Waals surface area contributed by atoms with Crippen LogP contribution in [0.1, 0.15) is 6.92 Å². The number of hydrogen-bond acceptors (Lipinski definition) is 3. The van der Waals surface area contributed by atoms with Crippen LogP contribution in [0.2, 0.25) is 5.02 Å². The molecule has 1 heterocycles. The number of anilines is 1. The fraction of sp³-hybridized carbons (Fsp3) is 0.429. The van der Waals surface area contributed by atoms with Crippen molar-refractivity contribution in [2.75, 3.05) is 29.5 Å². The van der Waals surface area contributed by atoms with Crippen LogP contribution < -0.4 is 4.90 Å². The summed E-state index contributed by atoms with van der Waals surface area (Å²) in [6, 6.07) is 6.44. The molecular formula is C14H17ClN2O3S. The SMILES string of the molecule is CC1CSCCN1C(=O)N(CC(=O)O)c1ccc(Cl)cc1. The summed E-state index contributed by atoms with van der Waals surface area (Å²) in [5.74, 6) is 0.697. The Morgan fingerprint density at radius 1 is 1.43 bits per heavy atom. The Labute approximate surface area is 132 Å². The number of urea groups is 1. The molecule has 21 heavy (non-hydrogen) atoms. The van der Waals surface area contributed by atoms with Crippen LogP contribution in [0.4, 0.5) is 10.5 Å². The van der Waals surface area contributed by atoms with Crippen LogP contribution in [0.25, 0.3) is 0 Å². The van der Waals surface area contributed by atoms with Gasteiger partial charge in [-0.1, -0.05) is 11.6 Å². The third-order valence-corrected chi connectivity index (χ3v) is 4.72. The first kappa shape index (κ1) is 16.0. The number of amides is 2. The molecular weight excluding hydrogens is 312 g/mol. The minimum Gasteiger partial charge on any atom is -0.480 e. The Kier molecular flexibility index (Phi) is 5.36. The van der Waals surface area contributed by atoms with E-state index < -0.39 is 5.97 Å². The van der Waals surface area contributed by atoms with Crippen LogP contribution in [-0.2, 0) is 4.79 Å². The van der Waals surface area contributed by atoms with Gasteiger partial charge in [-0.3, -0.25) is 9.69 Å². The highest BCUT2D eigenvalue weighted by molar-refractivity contribution is 7.99. The zero-order chi connectivity index (χ0) is 15.4. The van der Waals surface area contributed by atoms with E-state index in [2.05, 4.69) is 0 Å². The van der Waals surface area contributed by atoms with E-state index in [1.165, 1.54) is 4.90 Å². The van der Waals surface area contributed by atoms with E-state index in [1.807, 2.05) is 6.92 Å². The molecule has 1 aliphatic rings. The molecule has 1 aromatic rings. The highest BCUT2D eigenvalue weighted by Crippen LogP contribution is 2.23. The number of carbonyl (C=O) groups is 2. The van der Waals surface area contributed by atoms with E-state index in [-0.39, 0.29) is 18.6 Å². The van der Waals surface area contributed by atoms with Crippen LogP contribution in [0.15, 0.2) is 24.3 Å². The van der Waals surface area contributed by atoms with Crippen molar-refractivity contribution >= 4 is 41.1 Å². The van der Waals surface area contributed by atoms with E-state index in [0.29, 0.717) is 17.3 Å². The fourth-order valence-corrected chi connectivity index (χ4v) is 3.33. The van der Waals surface area contributed by atoms with Gasteiger partial charge < -0.3 is 10.0 Å². The van der Waals surface area contributed by atoms with Crippen LogP contribution in [0.3, 0.4) is 0 Å². The van der Waals surface area contributed by atoms with Crippen molar-refractivity contribution in [3.63, 3.8) is 0 Å². The Balaban J connectivity index is 2.24. The Morgan fingerprint density at radius 3 is 2.67 bits per heavy atom. The summed E-state index contributed by atoms with van der Waals surface area (Å²) in [4.78, 5) is 26.8. The number of hydrogen-bond donors (Lipinski definition) is 1. The number of halogens is 1. The number of carboxylic acid groups (broad SMARTS) is 1. The number of rotatable bonds is 3. The predicted molar refractivity (Wildman–Crippen MR) is 85.3 cm³/mol. The van der Waals surface area contributed by atoms with Crippen LogP contribution in [-0.4, -0.2) is 52.6 Å². The maximum absolute atomic E-state index is 12.7. The van der Waals surface area contributed by atoms with Gasteiger partial charge in [0.1, 0.15) is 6.54 Å². The standard InChI is InChI=1S/C14H17ClN2O3S/c1-10-9-21-7-6-16(10)14(20)17(8-13(18)19)12-4-2-11(15)3-5-12/h2-5,10H,6-9H2,1H3,(H,18,19). The van der Waals surface area contributed by atoms with Gasteiger partial charge in [0.05, 0.1) is 0 Å². The second kappa shape index (κ2) is 7.04. The first-order valence-electron chi connectivity index (χ1n) is 6.62. The van der Waals surface area contributed by atoms with Gasteiger partial charge in [-0.2, -0.15) is 11.8 Å². The second-order valence-corrected chi connectivity index (χ2v) is 6.44. The average molecular weight is 329 g/mol. The number of nitrogens with zero attached hydrogens (tertiary/aromatic N) is 2. The second-order valence-electron chi connectivity index (χ2n) is 4.86. The van der Waals surface area contributed by atoms with E-state index in [1.54, 1.807) is 40.9 Å². The van der Waals surface area contributed by atoms with Crippen LogP contribution in [0.5, 0.6) is 0 Å². The van der Waals surface area contributed by atoms with E-state index in [0.717, 1.165) is 11.5 Å². The first-order valence-corrected chi connectivity index (χ1v) is 8.15. The maximum atomic E-state index is 12.7. The van der Waals surface area contributed by atoms with Crippen molar-refractivity contribution < 1.29 is 14.7 Å². The quantitative estimate of drug-likeness (QED) is 0.926. The Hall–Kier alpha value is -1.40. The first-order chi connectivity index (χ1) is 9.99. The van der Waals surface area contributed by atoms with Gasteiger partial charge >= 0.3 is 12.0 Å². The van der Waals surface area contributed by atoms with Crippen molar-refractivity contribution in [1.29, 1.82) is 0 Å². The molecule has 0 aromatic heterocycles. The summed E-state index contributed by atoms with van der Waals surface area (Å²) in [6.45, 7) is 2.25. The maximum Gasteiger partial charge on any atom is 0.325 e. The third-order valence-electron chi connectivity index (χ3n) is 3.28. The molecule has 1 fully saturated rings. The molecule has 0 aliphatic carbocycles. The number of thioether (sulfide) groups is 1. The molecule has 7 heteroatoms. The molecule has 114 valence electrons. The van der Waals surface area contributed by atoms with Gasteiger partial charge in [0, 0.05) is 34.8 Å². The van der Waals surface area contributed by atoms with Gasteiger partial charge in [-0.15, -0.1) is 0 Å². The molecule has 0 bridgehead atoms. The zero-order valence-electron chi connectivity index (χ0n) is 11.7. The van der Waals surface area contributed by atoms with Crippen molar-refractivity contribution in [3.8, 4) is 0 Å². The lowest BCUT2D eigenvalue weighted by molar-refractivity contribution is -0.135. The largest absolute Gasteiger partial charge is 0.480 e. The molecule has 1 unspecified atom stereocenters. The zero-order valence-corrected chi connectivity index (χ0v) is 13.2. The van der Waals surface area contributed by atoms with Crippen molar-refractivity contribution in [3.05, 3.63) is 29.3 Å². The predicted octanol–water partition coefficient (Wildman–Crippen LogP) is 2.79. The van der Waals surface area contributed by atoms with Gasteiger partial charge in [0.15, 0.2) is 0 Å². The van der Waals surface area contributed by atoms with Crippen LogP contribution in [0, 0.1) is 0 Å². The molecule has 1 aliphatic heterocycles. The molecule has 2 rings (SSSR count). The Bertz CT molecular complexity index is 523. The normalized spacial score (nSPS) is 18.4. The summed E-state index contributed by atoms with van der Waals surface area (Å²) < 4.78 is 0. The van der Waals surface area contributed by atoms with Gasteiger partial charge in [-0.05, 0) is 31.2 Å². The lowest BCUT2D eigenvalue weighted by Crippen LogP contribution is -2.52. The third kappa shape index (κ3) is 4.04. The summed E-state index contributed by atoms with van der Waals surface area (Å²) in [5, 5.41) is 9.62. The van der Waals surface area contributed by atoms with Gasteiger partial charge in [0.2, 0.25) is 0 Å². The van der Waals surface area contributed by atoms with Crippen molar-refractivity contribution in [1.82, 2.24) is 4.90 Å². The summed E-state index contributed by atoms with van der Waals surface area (Å²) in [5.41, 5.74) is 0.539. The number of benzene rings is 1. The summed E-state index contributed by atoms with van der Waals surface area (Å²) in [7, 11) is 0. The number of aliphatic carboxylic acids is 1. The van der Waals surface area contributed by atoms with Crippen molar-refractivity contribution in [2.24, 2.45) is 0 Å². The monoisotopic (exact) mass is 328 g/mol. The molecule has 0 saturated carbocycles. The highest BCUT2D eigenvalue weighted by atomic mass is 35.5. The summed E-state index contributed by atoms with van der Waals surface area (Å²) in [6.07, 6.45) is 0. The Morgan fingerprint density at radius 2 is 2.10 bits per heavy atom. The minimum absolute atomic E-state index is 0.0971. The lowest BCUT2D eigenvalue weighted by atomic mass is 10.2. The highest BCUT2D eigenvalue weighted by Gasteiger charge is 2.29. The minimum atomic E-state index is -1.04. The topological polar surface area (TPSA) is 60.9 Å². The summed E-state index contributed by atoms with van der Waals surface area (Å²) >= 11 is 7.64. The van der Waals surface area contributed by atoms with Gasteiger partial charge in [0.25, 0.3) is 0 Å². The number of carboxylic acids is 1. The molecule has 2 amide bonds. The molecule has 1 atom stereocenters. The molecule has 1 N–H and O–H groups in total. The molecule has 1 saturated heterocycles. The smallest absolute Gasteiger partial charge is 0.325 e. The van der Waals surface area contributed by atoms with E-state index in [9.17, 15) is 9.59 Å². The lowest BCUT2D eigenvalue weighted by Gasteiger charge is -2.36. The van der Waals surface area contributed by atoms with Crippen molar-refractivity contribution in [2.45, 2.75) is 13.0 Å². The van der Waals surface area contributed by atoms with E-state index >= 15 is 0 Å². The number of carbonyl (C=O) groups excluding carboxylic acids is 1. The van der Waals surface area contributed by atoms with E-state index in [4.69, 9.17) is 16.7 Å². The van der Waals surface area contributed by atoms with Crippen LogP contribution >= 0.6 is 23.4 Å². The van der Waals surface area contributed by atoms with Gasteiger partial charge in [-0.25, -0.2) is 4.79 Å². The molecule has 1 aromatic carbocycles. The average Bonchev–Trinajstić information content (AvgIpc) is 2.45. The fourth-order valence-electron chi connectivity index (χ4n) is 2.19. The molecule has 5 nitrogen and oxygen atoms in total. The molecule has 0 spiro atoms.